The van der Waals surface area contributed by atoms with Gasteiger partial charge in [-0.2, -0.15) is 0 Å². The summed E-state index contributed by atoms with van der Waals surface area (Å²) in [6.07, 6.45) is 0.647. The van der Waals surface area contributed by atoms with E-state index >= 15 is 0 Å². The molecule has 4 heteroatoms. The maximum Gasteiger partial charge on any atom is 0.314 e. The Morgan fingerprint density at radius 3 is 2.39 bits per heavy atom. The average Bonchev–Trinajstić information content (AvgIpc) is 2.72. The third-order valence-corrected chi connectivity index (χ3v) is 4.98. The number of aryl methyl sites for hydroxylation is 2. The zero-order valence-corrected chi connectivity index (χ0v) is 15.0. The molecule has 1 heterocycles. The second-order valence-electron chi connectivity index (χ2n) is 7.13. The molecule has 1 aromatic carbocycles. The fourth-order valence-corrected chi connectivity index (χ4v) is 3.89. The highest BCUT2D eigenvalue weighted by molar-refractivity contribution is 6.03. The van der Waals surface area contributed by atoms with Gasteiger partial charge in [-0.15, -0.1) is 0 Å². The van der Waals surface area contributed by atoms with Gasteiger partial charge < -0.3 is 9.64 Å². The van der Waals surface area contributed by atoms with Crippen LogP contribution in [0, 0.1) is 31.1 Å². The highest BCUT2D eigenvalue weighted by atomic mass is 16.5. The first-order valence-electron chi connectivity index (χ1n) is 8.20. The smallest absolute Gasteiger partial charge is 0.314 e. The quantitative estimate of drug-likeness (QED) is 0.799. The van der Waals surface area contributed by atoms with Crippen molar-refractivity contribution >= 4 is 17.6 Å². The molecule has 1 aromatic rings. The molecule has 4 nitrogen and oxygen atoms in total. The normalized spacial score (nSPS) is 24.4. The van der Waals surface area contributed by atoms with Crippen LogP contribution in [-0.2, 0) is 14.3 Å². The molecular formula is C19H27NO3. The highest BCUT2D eigenvalue weighted by Crippen LogP contribution is 2.45. The van der Waals surface area contributed by atoms with E-state index in [0.29, 0.717) is 18.9 Å². The van der Waals surface area contributed by atoms with Crippen LogP contribution in [0.1, 0.15) is 38.3 Å². The number of amides is 1. The predicted molar refractivity (Wildman–Crippen MR) is 91.3 cm³/mol. The van der Waals surface area contributed by atoms with Crippen molar-refractivity contribution in [1.82, 2.24) is 0 Å². The van der Waals surface area contributed by atoms with Crippen molar-refractivity contribution in [3.63, 3.8) is 0 Å². The highest BCUT2D eigenvalue weighted by Gasteiger charge is 2.56. The first-order valence-corrected chi connectivity index (χ1v) is 8.20. The van der Waals surface area contributed by atoms with Gasteiger partial charge in [-0.05, 0) is 37.3 Å². The molecule has 0 spiro atoms. The molecule has 126 valence electrons. The van der Waals surface area contributed by atoms with Crippen LogP contribution in [-0.4, -0.2) is 25.5 Å². The lowest BCUT2D eigenvalue weighted by atomic mass is 9.73. The number of esters is 1. The molecule has 1 aliphatic rings. The van der Waals surface area contributed by atoms with Crippen LogP contribution in [0.2, 0.25) is 0 Å². The third-order valence-electron chi connectivity index (χ3n) is 4.98. The predicted octanol–water partition coefficient (Wildman–Crippen LogP) is 3.49. The van der Waals surface area contributed by atoms with Crippen LogP contribution in [0.25, 0.3) is 0 Å². The summed E-state index contributed by atoms with van der Waals surface area (Å²) in [4.78, 5) is 27.3. The Bertz CT molecular complexity index is 603. The first-order chi connectivity index (χ1) is 10.7. The summed E-state index contributed by atoms with van der Waals surface area (Å²) in [5.74, 6) is -0.340. The number of ether oxygens (including phenoxy) is 1. The lowest BCUT2D eigenvalue weighted by molar-refractivity contribution is -0.156. The molecule has 2 unspecified atom stereocenters. The number of methoxy groups -OCH3 is 1. The van der Waals surface area contributed by atoms with Crippen molar-refractivity contribution in [2.24, 2.45) is 17.3 Å². The molecule has 2 atom stereocenters. The number of carbonyl (C=O) groups excluding carboxylic acids is 2. The van der Waals surface area contributed by atoms with Crippen molar-refractivity contribution in [1.29, 1.82) is 0 Å². The third kappa shape index (κ3) is 2.87. The summed E-state index contributed by atoms with van der Waals surface area (Å²) in [6, 6.07) is 5.99. The Hall–Kier alpha value is -1.84. The number of para-hydroxylation sites is 1. The van der Waals surface area contributed by atoms with E-state index in [1.54, 1.807) is 4.90 Å². The molecule has 0 N–H and O–H groups in total. The molecule has 1 aliphatic heterocycles. The van der Waals surface area contributed by atoms with E-state index in [0.717, 1.165) is 16.8 Å². The van der Waals surface area contributed by atoms with Gasteiger partial charge in [0.05, 0.1) is 18.4 Å². The summed E-state index contributed by atoms with van der Waals surface area (Å²) < 4.78 is 5.08. The Morgan fingerprint density at radius 2 is 1.91 bits per heavy atom. The topological polar surface area (TPSA) is 46.6 Å². The molecule has 23 heavy (non-hydrogen) atoms. The van der Waals surface area contributed by atoms with E-state index in [1.807, 2.05) is 39.0 Å². The minimum absolute atomic E-state index is 0.00782. The van der Waals surface area contributed by atoms with E-state index in [1.165, 1.54) is 7.11 Å². The van der Waals surface area contributed by atoms with Crippen LogP contribution >= 0.6 is 0 Å². The summed E-state index contributed by atoms with van der Waals surface area (Å²) in [5, 5.41) is 0. The summed E-state index contributed by atoms with van der Waals surface area (Å²) in [5.41, 5.74) is 2.26. The maximum atomic E-state index is 12.9. The van der Waals surface area contributed by atoms with Gasteiger partial charge in [0, 0.05) is 12.2 Å². The van der Waals surface area contributed by atoms with Gasteiger partial charge in [-0.1, -0.05) is 39.0 Å². The van der Waals surface area contributed by atoms with E-state index in [-0.39, 0.29) is 17.8 Å². The second-order valence-corrected chi connectivity index (χ2v) is 7.13. The first kappa shape index (κ1) is 17.5. The molecule has 0 bridgehead atoms. The molecule has 1 fully saturated rings. The lowest BCUT2D eigenvalue weighted by Crippen LogP contribution is -2.40. The standard InChI is InChI=1S/C19H27NO3/c1-12(2)10-19(18(22)23-6)11-20(17(21)15(19)5)16-13(3)8-7-9-14(16)4/h7-9,12,15H,10-11H2,1-6H3. The van der Waals surface area contributed by atoms with Crippen molar-refractivity contribution in [3.05, 3.63) is 29.3 Å². The Balaban J connectivity index is 2.51. The number of hydrogen-bond donors (Lipinski definition) is 0. The number of benzene rings is 1. The second kappa shape index (κ2) is 6.34. The fraction of sp³-hybridized carbons (Fsp3) is 0.579. The number of anilines is 1. The SMILES string of the molecule is COC(=O)C1(CC(C)C)CN(c2c(C)cccc2C)C(=O)C1C. The minimum Gasteiger partial charge on any atom is -0.469 e. The lowest BCUT2D eigenvalue weighted by Gasteiger charge is -2.30. The zero-order valence-electron chi connectivity index (χ0n) is 15.0. The van der Waals surface area contributed by atoms with E-state index in [2.05, 4.69) is 13.8 Å². The maximum absolute atomic E-state index is 12.9. The van der Waals surface area contributed by atoms with Crippen molar-refractivity contribution in [2.75, 3.05) is 18.6 Å². The largest absolute Gasteiger partial charge is 0.469 e. The summed E-state index contributed by atoms with van der Waals surface area (Å²) >= 11 is 0. The van der Waals surface area contributed by atoms with Gasteiger partial charge in [-0.25, -0.2) is 0 Å². The number of carbonyl (C=O) groups is 2. The van der Waals surface area contributed by atoms with E-state index in [4.69, 9.17) is 4.74 Å². The van der Waals surface area contributed by atoms with Crippen LogP contribution in [0.15, 0.2) is 18.2 Å². The van der Waals surface area contributed by atoms with Crippen molar-refractivity contribution < 1.29 is 14.3 Å². The van der Waals surface area contributed by atoms with Gasteiger partial charge in [0.1, 0.15) is 0 Å². The molecule has 0 aromatic heterocycles. The van der Waals surface area contributed by atoms with Gasteiger partial charge >= 0.3 is 5.97 Å². The van der Waals surface area contributed by atoms with Crippen LogP contribution < -0.4 is 4.90 Å². The molecule has 0 radical (unpaired) electrons. The zero-order chi connectivity index (χ0) is 17.4. The van der Waals surface area contributed by atoms with Gasteiger partial charge in [-0.3, -0.25) is 9.59 Å². The number of nitrogens with zero attached hydrogens (tertiary/aromatic N) is 1. The molecular weight excluding hydrogens is 290 g/mol. The Labute approximate surface area is 138 Å². The Morgan fingerprint density at radius 1 is 1.35 bits per heavy atom. The van der Waals surface area contributed by atoms with Crippen molar-refractivity contribution in [3.8, 4) is 0 Å². The minimum atomic E-state index is -0.769. The summed E-state index contributed by atoms with van der Waals surface area (Å²) in [6.45, 7) is 10.4. The van der Waals surface area contributed by atoms with Crippen LogP contribution in [0.3, 0.4) is 0 Å². The fourth-order valence-electron chi connectivity index (χ4n) is 3.89. The number of rotatable bonds is 4. The molecule has 1 saturated heterocycles. The Kier molecular flexibility index (Phi) is 4.83. The number of hydrogen-bond acceptors (Lipinski definition) is 3. The van der Waals surface area contributed by atoms with Crippen LogP contribution in [0.5, 0.6) is 0 Å². The monoisotopic (exact) mass is 317 g/mol. The van der Waals surface area contributed by atoms with Crippen molar-refractivity contribution in [2.45, 2.75) is 41.0 Å². The summed E-state index contributed by atoms with van der Waals surface area (Å²) in [7, 11) is 1.41. The average molecular weight is 317 g/mol. The van der Waals surface area contributed by atoms with Gasteiger partial charge in [0.15, 0.2) is 0 Å². The molecule has 0 aliphatic carbocycles. The van der Waals surface area contributed by atoms with E-state index in [9.17, 15) is 9.59 Å². The van der Waals surface area contributed by atoms with Gasteiger partial charge in [0.25, 0.3) is 0 Å². The van der Waals surface area contributed by atoms with Crippen LogP contribution in [0.4, 0.5) is 5.69 Å². The molecule has 0 saturated carbocycles. The van der Waals surface area contributed by atoms with E-state index < -0.39 is 5.41 Å². The molecule has 1 amide bonds. The van der Waals surface area contributed by atoms with Gasteiger partial charge in [0.2, 0.25) is 5.91 Å². The molecule has 2 rings (SSSR count).